The molecule has 0 aromatic rings. The van der Waals surface area contributed by atoms with Gasteiger partial charge in [0, 0.05) is 19.5 Å². The van der Waals surface area contributed by atoms with Crippen LogP contribution < -0.4 is 50.4 Å². The molecule has 0 spiro atoms. The molecule has 0 saturated carbocycles. The highest BCUT2D eigenvalue weighted by molar-refractivity contribution is 5.94. The zero-order chi connectivity index (χ0) is 30.1. The fourth-order valence-electron chi connectivity index (χ4n) is 3.29. The van der Waals surface area contributed by atoms with Gasteiger partial charge in [0.2, 0.25) is 23.6 Å². The van der Waals surface area contributed by atoms with Gasteiger partial charge in [0.25, 0.3) is 0 Å². The van der Waals surface area contributed by atoms with Crippen molar-refractivity contribution in [3.05, 3.63) is 0 Å². The molecule has 0 aliphatic rings. The Labute approximate surface area is 226 Å². The Hall–Kier alpha value is -4.15. The van der Waals surface area contributed by atoms with E-state index in [0.29, 0.717) is 0 Å². The van der Waals surface area contributed by atoms with E-state index in [2.05, 4.69) is 25.9 Å². The molecule has 4 atom stereocenters. The van der Waals surface area contributed by atoms with E-state index in [0.717, 1.165) is 0 Å². The lowest BCUT2D eigenvalue weighted by Gasteiger charge is -2.26. The lowest BCUT2D eigenvalue weighted by Crippen LogP contribution is -2.57. The Morgan fingerprint density at radius 1 is 0.718 bits per heavy atom. The lowest BCUT2D eigenvalue weighted by molar-refractivity contribution is -0.143. The molecule has 222 valence electrons. The normalized spacial score (nSPS) is 13.7. The summed E-state index contributed by atoms with van der Waals surface area (Å²) in [6.45, 7) is 3.55. The fourth-order valence-corrected chi connectivity index (χ4v) is 3.29. The number of carbonyl (C=O) groups excluding carboxylic acids is 4. The van der Waals surface area contributed by atoms with E-state index in [1.807, 2.05) is 0 Å². The molecule has 4 amide bonds. The zero-order valence-electron chi connectivity index (χ0n) is 22.4. The molecule has 17 heteroatoms. The Morgan fingerprint density at radius 2 is 1.15 bits per heavy atom. The summed E-state index contributed by atoms with van der Waals surface area (Å²) in [5.41, 5.74) is 32.2. The summed E-state index contributed by atoms with van der Waals surface area (Å²) in [4.78, 5) is 69.1. The van der Waals surface area contributed by atoms with Crippen LogP contribution in [0.15, 0.2) is 9.98 Å². The molecule has 4 unspecified atom stereocenters. The van der Waals surface area contributed by atoms with Gasteiger partial charge in [0.1, 0.15) is 18.1 Å². The maximum absolute atomic E-state index is 13.2. The zero-order valence-corrected chi connectivity index (χ0v) is 22.4. The van der Waals surface area contributed by atoms with Gasteiger partial charge in [0.15, 0.2) is 11.9 Å². The van der Waals surface area contributed by atoms with Crippen LogP contribution in [0.25, 0.3) is 0 Å². The van der Waals surface area contributed by atoms with Crippen molar-refractivity contribution in [3.63, 3.8) is 0 Å². The Kier molecular flexibility index (Phi) is 16.2. The molecule has 0 rings (SSSR count). The van der Waals surface area contributed by atoms with Crippen LogP contribution in [-0.4, -0.2) is 83.9 Å². The molecule has 17 nitrogen and oxygen atoms in total. The van der Waals surface area contributed by atoms with E-state index < -0.39 is 59.7 Å². The third kappa shape index (κ3) is 15.6. The molecule has 0 saturated heterocycles. The predicted molar refractivity (Wildman–Crippen MR) is 144 cm³/mol. The van der Waals surface area contributed by atoms with Crippen molar-refractivity contribution in [1.29, 1.82) is 0 Å². The third-order valence-electron chi connectivity index (χ3n) is 5.43. The topological polar surface area (TPSA) is 323 Å². The molecule has 0 aromatic heterocycles. The van der Waals surface area contributed by atoms with Crippen molar-refractivity contribution in [3.8, 4) is 0 Å². The molecule has 39 heavy (non-hydrogen) atoms. The van der Waals surface area contributed by atoms with Gasteiger partial charge < -0.3 is 55.5 Å². The first-order chi connectivity index (χ1) is 18.1. The van der Waals surface area contributed by atoms with Crippen molar-refractivity contribution in [2.24, 2.45) is 50.3 Å². The van der Waals surface area contributed by atoms with E-state index in [4.69, 9.17) is 34.4 Å². The van der Waals surface area contributed by atoms with E-state index in [-0.39, 0.29) is 63.5 Å². The quantitative estimate of drug-likeness (QED) is 0.0413. The van der Waals surface area contributed by atoms with Crippen LogP contribution in [0.4, 0.5) is 0 Å². The summed E-state index contributed by atoms with van der Waals surface area (Å²) in [6, 6.07) is -4.65. The molecule has 16 N–H and O–H groups in total. The average Bonchev–Trinajstić information content (AvgIpc) is 2.83. The number of aliphatic imine (C=N–C) groups is 2. The van der Waals surface area contributed by atoms with Crippen LogP contribution in [0, 0.1) is 5.92 Å². The number of amides is 4. The highest BCUT2D eigenvalue weighted by Crippen LogP contribution is 2.07. The molecule has 0 heterocycles. The smallest absolute Gasteiger partial charge is 0.326 e. The minimum Gasteiger partial charge on any atom is -0.480 e. The number of hydrogen-bond donors (Lipinski definition) is 10. The highest BCUT2D eigenvalue weighted by atomic mass is 16.4. The van der Waals surface area contributed by atoms with Gasteiger partial charge in [-0.05, 0) is 38.0 Å². The number of carboxylic acids is 1. The van der Waals surface area contributed by atoms with Gasteiger partial charge in [-0.2, -0.15) is 0 Å². The summed E-state index contributed by atoms with van der Waals surface area (Å²) in [6.07, 6.45) is 0.520. The highest BCUT2D eigenvalue weighted by Gasteiger charge is 2.31. The van der Waals surface area contributed by atoms with Crippen LogP contribution in [0.2, 0.25) is 0 Å². The monoisotopic (exact) mass is 557 g/mol. The summed E-state index contributed by atoms with van der Waals surface area (Å²) in [5.74, 6) is -4.79. The van der Waals surface area contributed by atoms with Crippen LogP contribution >= 0.6 is 0 Å². The SMILES string of the molecule is CC(C)C(NC(=O)C(CCCN=C(N)N)NC(=O)C(CCCN=C(N)N)NC(=O)C(N)CCC(N)=O)C(=O)O. The number of guanidine groups is 2. The molecule has 0 fully saturated rings. The number of hydrogen-bond acceptors (Lipinski definition) is 8. The maximum Gasteiger partial charge on any atom is 0.326 e. The molecule has 0 aliphatic carbocycles. The maximum atomic E-state index is 13.2. The summed E-state index contributed by atoms with van der Waals surface area (Å²) in [7, 11) is 0. The predicted octanol–water partition coefficient (Wildman–Crippen LogP) is -4.12. The number of nitrogens with one attached hydrogen (secondary N) is 3. The van der Waals surface area contributed by atoms with Gasteiger partial charge in [-0.25, -0.2) is 4.79 Å². The van der Waals surface area contributed by atoms with Crippen molar-refractivity contribution in [2.75, 3.05) is 13.1 Å². The van der Waals surface area contributed by atoms with E-state index in [9.17, 15) is 29.1 Å². The van der Waals surface area contributed by atoms with E-state index >= 15 is 0 Å². The van der Waals surface area contributed by atoms with E-state index in [1.54, 1.807) is 13.8 Å². The van der Waals surface area contributed by atoms with E-state index in [1.165, 1.54) is 0 Å². The number of rotatable bonds is 19. The second-order valence-electron chi connectivity index (χ2n) is 9.20. The Balaban J connectivity index is 5.74. The Bertz CT molecular complexity index is 901. The van der Waals surface area contributed by atoms with Crippen LogP contribution in [-0.2, 0) is 24.0 Å². The fraction of sp³-hybridized carbons (Fsp3) is 0.682. The molecule has 0 aliphatic heterocycles. The number of primary amides is 1. The lowest BCUT2D eigenvalue weighted by atomic mass is 10.0. The summed E-state index contributed by atoms with van der Waals surface area (Å²) >= 11 is 0. The third-order valence-corrected chi connectivity index (χ3v) is 5.43. The molecule has 0 aromatic carbocycles. The summed E-state index contributed by atoms with van der Waals surface area (Å²) < 4.78 is 0. The average molecular weight is 558 g/mol. The van der Waals surface area contributed by atoms with Gasteiger partial charge in [-0.3, -0.25) is 29.2 Å². The molecular weight excluding hydrogens is 514 g/mol. The van der Waals surface area contributed by atoms with Crippen LogP contribution in [0.1, 0.15) is 52.4 Å². The first-order valence-corrected chi connectivity index (χ1v) is 12.4. The minimum absolute atomic E-state index is 0.0366. The number of carboxylic acid groups (broad SMARTS) is 1. The van der Waals surface area contributed by atoms with Crippen molar-refractivity contribution < 1.29 is 29.1 Å². The number of aliphatic carboxylic acids is 1. The number of nitrogens with zero attached hydrogens (tertiary/aromatic N) is 2. The van der Waals surface area contributed by atoms with Crippen LogP contribution in [0.5, 0.6) is 0 Å². The van der Waals surface area contributed by atoms with Crippen molar-refractivity contribution in [1.82, 2.24) is 16.0 Å². The van der Waals surface area contributed by atoms with Crippen molar-refractivity contribution >= 4 is 41.5 Å². The molecule has 0 bridgehead atoms. The van der Waals surface area contributed by atoms with Gasteiger partial charge in [-0.1, -0.05) is 13.8 Å². The second kappa shape index (κ2) is 18.2. The first kappa shape index (κ1) is 34.9. The van der Waals surface area contributed by atoms with Crippen molar-refractivity contribution in [2.45, 2.75) is 76.5 Å². The molecule has 0 radical (unpaired) electrons. The Morgan fingerprint density at radius 3 is 1.54 bits per heavy atom. The van der Waals surface area contributed by atoms with Gasteiger partial charge in [-0.15, -0.1) is 0 Å². The van der Waals surface area contributed by atoms with Gasteiger partial charge in [0.05, 0.1) is 6.04 Å². The molecular formula is C22H43N11O6. The number of carbonyl (C=O) groups is 5. The number of nitrogens with two attached hydrogens (primary N) is 6. The standard InChI is InChI=1S/C22H43N11O6/c1-11(2)16(20(38)39)33-19(37)14(6-4-10-30-22(27)28)32-18(36)13(5-3-9-29-21(25)26)31-17(35)12(23)7-8-15(24)34/h11-14,16H,3-10,23H2,1-2H3,(H2,24,34)(H,31,35)(H,32,36)(H,33,37)(H,38,39)(H4,25,26,29)(H4,27,28,30). The largest absolute Gasteiger partial charge is 0.480 e. The minimum atomic E-state index is -1.24. The van der Waals surface area contributed by atoms with Crippen LogP contribution in [0.3, 0.4) is 0 Å². The second-order valence-corrected chi connectivity index (χ2v) is 9.20. The summed E-state index contributed by atoms with van der Waals surface area (Å²) in [5, 5.41) is 16.9. The first-order valence-electron chi connectivity index (χ1n) is 12.4. The van der Waals surface area contributed by atoms with Gasteiger partial charge >= 0.3 is 5.97 Å².